The zero-order valence-corrected chi connectivity index (χ0v) is 10.6. The SMILES string of the molecule is CCOC(=O)c1cnn(CC2(O)CCNCC2)c1. The van der Waals surface area contributed by atoms with E-state index >= 15 is 0 Å². The van der Waals surface area contributed by atoms with Gasteiger partial charge in [-0.1, -0.05) is 0 Å². The maximum absolute atomic E-state index is 11.5. The van der Waals surface area contributed by atoms with E-state index in [1.807, 2.05) is 0 Å². The first kappa shape index (κ1) is 13.0. The highest BCUT2D eigenvalue weighted by Crippen LogP contribution is 2.20. The van der Waals surface area contributed by atoms with Crippen molar-refractivity contribution in [3.8, 4) is 0 Å². The van der Waals surface area contributed by atoms with Gasteiger partial charge in [-0.2, -0.15) is 5.10 Å². The van der Waals surface area contributed by atoms with Gasteiger partial charge in [0, 0.05) is 6.20 Å². The van der Waals surface area contributed by atoms with Gasteiger partial charge >= 0.3 is 5.97 Å². The first-order valence-electron chi connectivity index (χ1n) is 6.26. The summed E-state index contributed by atoms with van der Waals surface area (Å²) in [5.41, 5.74) is -0.308. The molecule has 2 N–H and O–H groups in total. The molecule has 2 rings (SSSR count). The average molecular weight is 253 g/mol. The van der Waals surface area contributed by atoms with Crippen molar-refractivity contribution in [2.24, 2.45) is 0 Å². The van der Waals surface area contributed by atoms with Crippen molar-refractivity contribution in [1.82, 2.24) is 15.1 Å². The summed E-state index contributed by atoms with van der Waals surface area (Å²) in [6.07, 6.45) is 4.49. The van der Waals surface area contributed by atoms with Gasteiger partial charge in [0.1, 0.15) is 0 Å². The van der Waals surface area contributed by atoms with Gasteiger partial charge in [0.2, 0.25) is 0 Å². The molecule has 6 nitrogen and oxygen atoms in total. The third kappa shape index (κ3) is 3.08. The highest BCUT2D eigenvalue weighted by molar-refractivity contribution is 5.88. The zero-order chi connectivity index (χ0) is 13.0. The normalized spacial score (nSPS) is 18.6. The molecule has 0 saturated carbocycles. The van der Waals surface area contributed by atoms with Crippen LogP contribution in [0.25, 0.3) is 0 Å². The van der Waals surface area contributed by atoms with E-state index in [4.69, 9.17) is 4.74 Å². The van der Waals surface area contributed by atoms with E-state index in [0.717, 1.165) is 13.1 Å². The molecule has 0 bridgehead atoms. The van der Waals surface area contributed by atoms with Gasteiger partial charge in [-0.3, -0.25) is 4.68 Å². The predicted molar refractivity (Wildman–Crippen MR) is 65.2 cm³/mol. The summed E-state index contributed by atoms with van der Waals surface area (Å²) in [6, 6.07) is 0. The standard InChI is InChI=1S/C12H19N3O3/c1-2-18-11(16)10-7-14-15(8-10)9-12(17)3-5-13-6-4-12/h7-8,13,17H,2-6,9H2,1H3. The lowest BCUT2D eigenvalue weighted by atomic mass is 9.92. The molecule has 0 spiro atoms. The Hall–Kier alpha value is -1.40. The molecular formula is C12H19N3O3. The van der Waals surface area contributed by atoms with Crippen molar-refractivity contribution < 1.29 is 14.6 Å². The van der Waals surface area contributed by atoms with Gasteiger partial charge in [-0.05, 0) is 32.9 Å². The molecule has 0 aliphatic carbocycles. The van der Waals surface area contributed by atoms with Crippen LogP contribution in [0.1, 0.15) is 30.1 Å². The highest BCUT2D eigenvalue weighted by atomic mass is 16.5. The van der Waals surface area contributed by atoms with Gasteiger partial charge in [-0.25, -0.2) is 4.79 Å². The quantitative estimate of drug-likeness (QED) is 0.748. The van der Waals surface area contributed by atoms with Gasteiger partial charge in [0.15, 0.2) is 0 Å². The Morgan fingerprint density at radius 1 is 1.61 bits per heavy atom. The first-order chi connectivity index (χ1) is 8.63. The fraction of sp³-hybridized carbons (Fsp3) is 0.667. The third-order valence-electron chi connectivity index (χ3n) is 3.13. The van der Waals surface area contributed by atoms with Crippen LogP contribution >= 0.6 is 0 Å². The van der Waals surface area contributed by atoms with Crippen LogP contribution in [-0.2, 0) is 11.3 Å². The number of nitrogens with one attached hydrogen (secondary N) is 1. The second-order valence-electron chi connectivity index (χ2n) is 4.62. The summed E-state index contributed by atoms with van der Waals surface area (Å²) in [6.45, 7) is 4.14. The van der Waals surface area contributed by atoms with Crippen LogP contribution < -0.4 is 5.32 Å². The number of ether oxygens (including phenoxy) is 1. The average Bonchev–Trinajstić information content (AvgIpc) is 2.78. The number of aliphatic hydroxyl groups is 1. The predicted octanol–water partition coefficient (Wildman–Crippen LogP) is 0.174. The molecule has 0 amide bonds. The van der Waals surface area contributed by atoms with Crippen LogP contribution in [0.15, 0.2) is 12.4 Å². The number of carbonyl (C=O) groups excluding carboxylic acids is 1. The number of hydrogen-bond donors (Lipinski definition) is 2. The number of rotatable bonds is 4. The summed E-state index contributed by atoms with van der Waals surface area (Å²) < 4.78 is 6.50. The Morgan fingerprint density at radius 2 is 2.33 bits per heavy atom. The van der Waals surface area contributed by atoms with Crippen LogP contribution in [-0.4, -0.2) is 46.2 Å². The topological polar surface area (TPSA) is 76.4 Å². The fourth-order valence-electron chi connectivity index (χ4n) is 2.12. The highest BCUT2D eigenvalue weighted by Gasteiger charge is 2.30. The van der Waals surface area contributed by atoms with Crippen LogP contribution in [0.3, 0.4) is 0 Å². The van der Waals surface area contributed by atoms with Crippen molar-refractivity contribution >= 4 is 5.97 Å². The molecule has 0 radical (unpaired) electrons. The number of hydrogen-bond acceptors (Lipinski definition) is 5. The molecule has 1 fully saturated rings. The molecule has 1 aromatic heterocycles. The lowest BCUT2D eigenvalue weighted by molar-refractivity contribution is -0.00829. The van der Waals surface area contributed by atoms with Gasteiger partial charge in [0.25, 0.3) is 0 Å². The molecule has 100 valence electrons. The van der Waals surface area contributed by atoms with E-state index in [2.05, 4.69) is 10.4 Å². The van der Waals surface area contributed by atoms with E-state index in [1.165, 1.54) is 6.20 Å². The summed E-state index contributed by atoms with van der Waals surface area (Å²) in [7, 11) is 0. The monoisotopic (exact) mass is 253 g/mol. The number of carbonyl (C=O) groups is 1. The lowest BCUT2D eigenvalue weighted by Crippen LogP contribution is -2.44. The Balaban J connectivity index is 1.99. The number of nitrogens with zero attached hydrogens (tertiary/aromatic N) is 2. The van der Waals surface area contributed by atoms with Crippen molar-refractivity contribution in [1.29, 1.82) is 0 Å². The molecule has 2 heterocycles. The second-order valence-corrected chi connectivity index (χ2v) is 4.62. The summed E-state index contributed by atoms with van der Waals surface area (Å²) in [4.78, 5) is 11.5. The molecule has 0 atom stereocenters. The van der Waals surface area contributed by atoms with Crippen LogP contribution in [0.2, 0.25) is 0 Å². The van der Waals surface area contributed by atoms with Crippen LogP contribution in [0.4, 0.5) is 0 Å². The van der Waals surface area contributed by atoms with E-state index < -0.39 is 5.60 Å². The largest absolute Gasteiger partial charge is 0.462 e. The Bertz CT molecular complexity index is 410. The fourth-order valence-corrected chi connectivity index (χ4v) is 2.12. The smallest absolute Gasteiger partial charge is 0.341 e. The number of piperidine rings is 1. The minimum Gasteiger partial charge on any atom is -0.462 e. The summed E-state index contributed by atoms with van der Waals surface area (Å²) in [5, 5.41) is 17.7. The van der Waals surface area contributed by atoms with Gasteiger partial charge in [-0.15, -0.1) is 0 Å². The van der Waals surface area contributed by atoms with Crippen LogP contribution in [0, 0.1) is 0 Å². The van der Waals surface area contributed by atoms with E-state index in [9.17, 15) is 9.90 Å². The maximum Gasteiger partial charge on any atom is 0.341 e. The molecule has 1 aliphatic rings. The van der Waals surface area contributed by atoms with E-state index in [0.29, 0.717) is 31.6 Å². The number of aromatic nitrogens is 2. The minimum absolute atomic E-state index is 0.347. The molecule has 6 heteroatoms. The van der Waals surface area contributed by atoms with Gasteiger partial charge < -0.3 is 15.2 Å². The molecule has 1 aromatic rings. The Morgan fingerprint density at radius 3 is 3.00 bits per heavy atom. The van der Waals surface area contributed by atoms with Crippen molar-refractivity contribution in [2.45, 2.75) is 31.9 Å². The molecule has 0 unspecified atom stereocenters. The summed E-state index contributed by atoms with van der Waals surface area (Å²) in [5.74, 6) is -0.374. The third-order valence-corrected chi connectivity index (χ3v) is 3.13. The zero-order valence-electron chi connectivity index (χ0n) is 10.6. The molecule has 1 saturated heterocycles. The Labute approximate surface area is 106 Å². The van der Waals surface area contributed by atoms with Gasteiger partial charge in [0.05, 0.1) is 30.5 Å². The lowest BCUT2D eigenvalue weighted by Gasteiger charge is -2.32. The molecular weight excluding hydrogens is 234 g/mol. The molecule has 0 aromatic carbocycles. The molecule has 18 heavy (non-hydrogen) atoms. The van der Waals surface area contributed by atoms with Crippen molar-refractivity contribution in [2.75, 3.05) is 19.7 Å². The Kier molecular flexibility index (Phi) is 3.98. The second kappa shape index (κ2) is 5.49. The number of esters is 1. The van der Waals surface area contributed by atoms with Crippen molar-refractivity contribution in [3.63, 3.8) is 0 Å². The van der Waals surface area contributed by atoms with Crippen molar-refractivity contribution in [3.05, 3.63) is 18.0 Å². The van der Waals surface area contributed by atoms with Crippen LogP contribution in [0.5, 0.6) is 0 Å². The summed E-state index contributed by atoms with van der Waals surface area (Å²) >= 11 is 0. The van der Waals surface area contributed by atoms with E-state index in [-0.39, 0.29) is 5.97 Å². The molecule has 1 aliphatic heterocycles. The minimum atomic E-state index is -0.733. The maximum atomic E-state index is 11.5. The van der Waals surface area contributed by atoms with E-state index in [1.54, 1.807) is 17.8 Å². The first-order valence-corrected chi connectivity index (χ1v) is 6.26.